The van der Waals surface area contributed by atoms with Gasteiger partial charge in [0.15, 0.2) is 11.6 Å². The van der Waals surface area contributed by atoms with Gasteiger partial charge in [-0.1, -0.05) is 15.9 Å². The normalized spacial score (nSPS) is 10.2. The molecule has 0 unspecified atom stereocenters. The van der Waals surface area contributed by atoms with Crippen LogP contribution in [0.15, 0.2) is 35.2 Å². The molecule has 0 fully saturated rings. The van der Waals surface area contributed by atoms with E-state index in [0.29, 0.717) is 4.47 Å². The van der Waals surface area contributed by atoms with E-state index in [1.54, 1.807) is 0 Å². The maximum absolute atomic E-state index is 13.4. The van der Waals surface area contributed by atoms with Crippen LogP contribution >= 0.6 is 15.9 Å². The fourth-order valence-electron chi connectivity index (χ4n) is 1.38. The molecule has 0 saturated carbocycles. The molecule has 1 aromatic carbocycles. The average Bonchev–Trinajstić information content (AvgIpc) is 2.40. The molecule has 0 spiro atoms. The van der Waals surface area contributed by atoms with Crippen LogP contribution in [0.5, 0.6) is 5.75 Å². The van der Waals surface area contributed by atoms with E-state index in [0.717, 1.165) is 0 Å². The molecule has 0 aliphatic rings. The second-order valence-corrected chi connectivity index (χ2v) is 4.47. The predicted octanol–water partition coefficient (Wildman–Crippen LogP) is 2.66. The van der Waals surface area contributed by atoms with Crippen LogP contribution in [0.25, 0.3) is 0 Å². The lowest BCUT2D eigenvalue weighted by atomic mass is 10.2. The highest BCUT2D eigenvalue weighted by molar-refractivity contribution is 9.10. The molecule has 1 heterocycles. The Morgan fingerprint density at radius 1 is 1.47 bits per heavy atom. The van der Waals surface area contributed by atoms with Crippen molar-refractivity contribution in [2.75, 3.05) is 0 Å². The van der Waals surface area contributed by atoms with Crippen LogP contribution in [0.1, 0.15) is 16.1 Å². The number of ether oxygens (including phenoxy) is 1. The SMILES string of the molecule is O=C(O)c1cncnc1COc1cc(Br)ccc1F. The smallest absolute Gasteiger partial charge is 0.339 e. The van der Waals surface area contributed by atoms with Gasteiger partial charge in [-0.05, 0) is 18.2 Å². The molecule has 2 rings (SSSR count). The first-order valence-corrected chi connectivity index (χ1v) is 5.97. The lowest BCUT2D eigenvalue weighted by Gasteiger charge is -2.08. The summed E-state index contributed by atoms with van der Waals surface area (Å²) in [5.41, 5.74) is 0.111. The lowest BCUT2D eigenvalue weighted by Crippen LogP contribution is -2.09. The van der Waals surface area contributed by atoms with Gasteiger partial charge in [0.25, 0.3) is 0 Å². The van der Waals surface area contributed by atoms with E-state index < -0.39 is 11.8 Å². The van der Waals surface area contributed by atoms with Gasteiger partial charge < -0.3 is 9.84 Å². The maximum Gasteiger partial charge on any atom is 0.339 e. The molecule has 1 aromatic heterocycles. The largest absolute Gasteiger partial charge is 0.484 e. The van der Waals surface area contributed by atoms with Gasteiger partial charge >= 0.3 is 5.97 Å². The van der Waals surface area contributed by atoms with E-state index in [1.807, 2.05) is 0 Å². The van der Waals surface area contributed by atoms with E-state index in [4.69, 9.17) is 9.84 Å². The van der Waals surface area contributed by atoms with Crippen molar-refractivity contribution >= 4 is 21.9 Å². The second-order valence-electron chi connectivity index (χ2n) is 3.55. The number of aromatic carboxylic acids is 1. The van der Waals surface area contributed by atoms with Gasteiger partial charge in [0.05, 0.1) is 5.69 Å². The summed E-state index contributed by atoms with van der Waals surface area (Å²) in [4.78, 5) is 18.4. The number of hydrogen-bond acceptors (Lipinski definition) is 4. The zero-order valence-corrected chi connectivity index (χ0v) is 11.1. The fraction of sp³-hybridized carbons (Fsp3) is 0.0833. The summed E-state index contributed by atoms with van der Waals surface area (Å²) < 4.78 is 19.3. The maximum atomic E-state index is 13.4. The summed E-state index contributed by atoms with van der Waals surface area (Å²) in [6.45, 7) is -0.155. The third-order valence-corrected chi connectivity index (χ3v) is 2.78. The summed E-state index contributed by atoms with van der Waals surface area (Å²) in [7, 11) is 0. The second kappa shape index (κ2) is 5.75. The third-order valence-electron chi connectivity index (χ3n) is 2.28. The minimum absolute atomic E-state index is 0.0179. The van der Waals surface area contributed by atoms with Gasteiger partial charge in [0, 0.05) is 10.7 Å². The molecule has 0 radical (unpaired) electrons. The first-order chi connectivity index (χ1) is 9.08. The number of rotatable bonds is 4. The standard InChI is InChI=1S/C12H8BrFN2O3/c13-7-1-2-9(14)11(3-7)19-5-10-8(12(17)18)4-15-6-16-10/h1-4,6H,5H2,(H,17,18). The van der Waals surface area contributed by atoms with E-state index >= 15 is 0 Å². The zero-order valence-electron chi connectivity index (χ0n) is 9.51. The molecule has 0 amide bonds. The topological polar surface area (TPSA) is 72.3 Å². The number of carbonyl (C=O) groups is 1. The van der Waals surface area contributed by atoms with E-state index in [-0.39, 0.29) is 23.6 Å². The van der Waals surface area contributed by atoms with E-state index in [9.17, 15) is 9.18 Å². The molecule has 19 heavy (non-hydrogen) atoms. The zero-order chi connectivity index (χ0) is 13.8. The fourth-order valence-corrected chi connectivity index (χ4v) is 1.72. The minimum Gasteiger partial charge on any atom is -0.484 e. The van der Waals surface area contributed by atoms with Gasteiger partial charge in [-0.3, -0.25) is 0 Å². The van der Waals surface area contributed by atoms with Crippen molar-refractivity contribution in [2.45, 2.75) is 6.61 Å². The summed E-state index contributed by atoms with van der Waals surface area (Å²) >= 11 is 3.19. The number of halogens is 2. The molecular formula is C12H8BrFN2O3. The summed E-state index contributed by atoms with van der Waals surface area (Å²) in [6.07, 6.45) is 2.38. The lowest BCUT2D eigenvalue weighted by molar-refractivity contribution is 0.0692. The van der Waals surface area contributed by atoms with Crippen molar-refractivity contribution in [3.05, 3.63) is 52.3 Å². The molecule has 7 heteroatoms. The predicted molar refractivity (Wildman–Crippen MR) is 67.4 cm³/mol. The molecule has 1 N–H and O–H groups in total. The van der Waals surface area contributed by atoms with Gasteiger partial charge in [0.1, 0.15) is 18.5 Å². The first kappa shape index (κ1) is 13.4. The highest BCUT2D eigenvalue weighted by Crippen LogP contribution is 2.23. The van der Waals surface area contributed by atoms with Gasteiger partial charge in [-0.15, -0.1) is 0 Å². The van der Waals surface area contributed by atoms with Crippen LogP contribution in [-0.4, -0.2) is 21.0 Å². The molecule has 0 aliphatic carbocycles. The van der Waals surface area contributed by atoms with Crippen molar-refractivity contribution in [1.29, 1.82) is 0 Å². The Labute approximate surface area is 116 Å². The molecule has 2 aromatic rings. The van der Waals surface area contributed by atoms with Crippen molar-refractivity contribution in [3.63, 3.8) is 0 Å². The van der Waals surface area contributed by atoms with E-state index in [2.05, 4.69) is 25.9 Å². The summed E-state index contributed by atoms with van der Waals surface area (Å²) in [5.74, 6) is -1.67. The number of nitrogens with zero attached hydrogens (tertiary/aromatic N) is 2. The van der Waals surface area contributed by atoms with Crippen LogP contribution in [-0.2, 0) is 6.61 Å². The summed E-state index contributed by atoms with van der Waals surface area (Å²) in [6, 6.07) is 4.24. The van der Waals surface area contributed by atoms with E-state index in [1.165, 1.54) is 30.7 Å². The van der Waals surface area contributed by atoms with Gasteiger partial charge in [0.2, 0.25) is 0 Å². The Kier molecular flexibility index (Phi) is 4.06. The quantitative estimate of drug-likeness (QED) is 0.935. The van der Waals surface area contributed by atoms with Crippen LogP contribution < -0.4 is 4.74 Å². The van der Waals surface area contributed by atoms with Crippen molar-refractivity contribution in [1.82, 2.24) is 9.97 Å². The Bertz CT molecular complexity index is 622. The number of hydrogen-bond donors (Lipinski definition) is 1. The highest BCUT2D eigenvalue weighted by atomic mass is 79.9. The van der Waals surface area contributed by atoms with Crippen LogP contribution in [0.2, 0.25) is 0 Å². The monoisotopic (exact) mass is 326 g/mol. The Balaban J connectivity index is 2.19. The van der Waals surface area contributed by atoms with Crippen molar-refractivity contribution in [3.8, 4) is 5.75 Å². The number of aromatic nitrogens is 2. The molecule has 0 aliphatic heterocycles. The summed E-state index contributed by atoms with van der Waals surface area (Å²) in [5, 5.41) is 8.94. The number of carboxylic acid groups (broad SMARTS) is 1. The first-order valence-electron chi connectivity index (χ1n) is 5.18. The van der Waals surface area contributed by atoms with Crippen molar-refractivity contribution in [2.24, 2.45) is 0 Å². The Hall–Kier alpha value is -2.02. The third kappa shape index (κ3) is 3.25. The molecule has 0 atom stereocenters. The average molecular weight is 327 g/mol. The molecule has 0 saturated heterocycles. The minimum atomic E-state index is -1.16. The van der Waals surface area contributed by atoms with Gasteiger partial charge in [-0.25, -0.2) is 19.2 Å². The highest BCUT2D eigenvalue weighted by Gasteiger charge is 2.13. The molecule has 5 nitrogen and oxygen atoms in total. The number of benzene rings is 1. The Morgan fingerprint density at radius 3 is 3.00 bits per heavy atom. The van der Waals surface area contributed by atoms with Crippen molar-refractivity contribution < 1.29 is 19.0 Å². The van der Waals surface area contributed by atoms with Crippen LogP contribution in [0.3, 0.4) is 0 Å². The molecular weight excluding hydrogens is 319 g/mol. The van der Waals surface area contributed by atoms with Crippen LogP contribution in [0.4, 0.5) is 4.39 Å². The van der Waals surface area contributed by atoms with Gasteiger partial charge in [-0.2, -0.15) is 0 Å². The Morgan fingerprint density at radius 2 is 2.26 bits per heavy atom. The van der Waals surface area contributed by atoms with Crippen LogP contribution in [0, 0.1) is 5.82 Å². The number of carboxylic acids is 1. The molecule has 98 valence electrons. The molecule has 0 bridgehead atoms.